The van der Waals surface area contributed by atoms with Crippen LogP contribution in [0.3, 0.4) is 0 Å². The maximum Gasteiger partial charge on any atom is 0.215 e. The number of nitrogens with two attached hydrogens (primary N) is 1. The van der Waals surface area contributed by atoms with Gasteiger partial charge in [-0.15, -0.1) is 0 Å². The molecule has 0 spiro atoms. The van der Waals surface area contributed by atoms with Crippen LogP contribution < -0.4 is 21.1 Å². The minimum atomic E-state index is -0.876. The fraction of sp³-hybridized carbons (Fsp3) is 0.500. The maximum absolute atomic E-state index is 8.85. The summed E-state index contributed by atoms with van der Waals surface area (Å²) in [7, 11) is 0. The Morgan fingerprint density at radius 2 is 1.83 bits per heavy atom. The third-order valence-electron chi connectivity index (χ3n) is 2.33. The number of rotatable bonds is 8. The molecule has 0 aromatic heterocycles. The largest absolute Gasteiger partial charge is 0.460 e. The Bertz CT molecular complexity index is 352. The van der Waals surface area contributed by atoms with Gasteiger partial charge < -0.3 is 20.7 Å². The minimum absolute atomic E-state index is 0.00329. The second kappa shape index (κ2) is 7.17. The Morgan fingerprint density at radius 1 is 1.22 bits per heavy atom. The van der Waals surface area contributed by atoms with Crippen LogP contribution in [0.2, 0.25) is 0 Å². The van der Waals surface area contributed by atoms with Gasteiger partial charge in [-0.05, 0) is 12.1 Å². The molecule has 0 saturated carbocycles. The molecule has 1 rings (SSSR count). The summed E-state index contributed by atoms with van der Waals surface area (Å²) >= 11 is 0. The summed E-state index contributed by atoms with van der Waals surface area (Å²) in [6, 6.07) is 7.06. The molecule has 1 aromatic rings. The van der Waals surface area contributed by atoms with Crippen LogP contribution in [-0.2, 0) is 0 Å². The SMILES string of the molecule is CC(NCCO)(NCCO)Oc1cccc(N)c1. The standard InChI is InChI=1S/C12H21N3O3/c1-12(14-5-7-16,15-6-8-17)18-11-4-2-3-10(13)9-11/h2-4,9,14-17H,5-8,13H2,1H3. The highest BCUT2D eigenvalue weighted by Crippen LogP contribution is 2.18. The topological polar surface area (TPSA) is 99.8 Å². The minimum Gasteiger partial charge on any atom is -0.460 e. The number of hydrogen-bond acceptors (Lipinski definition) is 6. The number of benzene rings is 1. The van der Waals surface area contributed by atoms with Crippen molar-refractivity contribution in [1.82, 2.24) is 10.6 Å². The van der Waals surface area contributed by atoms with E-state index in [2.05, 4.69) is 10.6 Å². The Labute approximate surface area is 107 Å². The number of nitrogens with one attached hydrogen (secondary N) is 2. The fourth-order valence-electron chi connectivity index (χ4n) is 1.54. The van der Waals surface area contributed by atoms with Crippen molar-refractivity contribution in [2.24, 2.45) is 0 Å². The van der Waals surface area contributed by atoms with E-state index < -0.39 is 5.85 Å². The van der Waals surface area contributed by atoms with E-state index >= 15 is 0 Å². The lowest BCUT2D eigenvalue weighted by Crippen LogP contribution is -2.60. The number of hydrogen-bond donors (Lipinski definition) is 5. The molecule has 6 heteroatoms. The molecule has 102 valence electrons. The monoisotopic (exact) mass is 255 g/mol. The Morgan fingerprint density at radius 3 is 2.33 bits per heavy atom. The van der Waals surface area contributed by atoms with Gasteiger partial charge in [0.1, 0.15) is 5.75 Å². The first-order valence-corrected chi connectivity index (χ1v) is 5.86. The molecule has 6 N–H and O–H groups in total. The fourth-order valence-corrected chi connectivity index (χ4v) is 1.54. The Kier molecular flexibility index (Phi) is 5.87. The summed E-state index contributed by atoms with van der Waals surface area (Å²) in [5, 5.41) is 23.7. The molecule has 18 heavy (non-hydrogen) atoms. The van der Waals surface area contributed by atoms with Gasteiger partial charge >= 0.3 is 0 Å². The van der Waals surface area contributed by atoms with Crippen LogP contribution in [0.15, 0.2) is 24.3 Å². The highest BCUT2D eigenvalue weighted by molar-refractivity contribution is 5.43. The van der Waals surface area contributed by atoms with E-state index in [-0.39, 0.29) is 13.2 Å². The van der Waals surface area contributed by atoms with E-state index in [0.29, 0.717) is 24.5 Å². The van der Waals surface area contributed by atoms with Gasteiger partial charge in [0.05, 0.1) is 13.2 Å². The number of nitrogen functional groups attached to an aromatic ring is 1. The molecule has 0 unspecified atom stereocenters. The van der Waals surface area contributed by atoms with Crippen molar-refractivity contribution in [3.8, 4) is 5.75 Å². The van der Waals surface area contributed by atoms with Gasteiger partial charge in [0.2, 0.25) is 5.85 Å². The molecule has 0 saturated heterocycles. The molecule has 0 aliphatic heterocycles. The van der Waals surface area contributed by atoms with Crippen molar-refractivity contribution in [3.63, 3.8) is 0 Å². The Balaban J connectivity index is 2.70. The molecule has 6 nitrogen and oxygen atoms in total. The van der Waals surface area contributed by atoms with Gasteiger partial charge in [-0.1, -0.05) is 6.07 Å². The van der Waals surface area contributed by atoms with E-state index in [9.17, 15) is 0 Å². The third-order valence-corrected chi connectivity index (χ3v) is 2.33. The zero-order valence-corrected chi connectivity index (χ0v) is 10.5. The van der Waals surface area contributed by atoms with Crippen LogP contribution in [-0.4, -0.2) is 42.4 Å². The average molecular weight is 255 g/mol. The summed E-state index contributed by atoms with van der Waals surface area (Å²) in [5.74, 6) is -0.271. The van der Waals surface area contributed by atoms with Crippen LogP contribution in [0.1, 0.15) is 6.92 Å². The smallest absolute Gasteiger partial charge is 0.215 e. The van der Waals surface area contributed by atoms with Gasteiger partial charge in [-0.25, -0.2) is 0 Å². The third kappa shape index (κ3) is 4.89. The lowest BCUT2D eigenvalue weighted by atomic mass is 10.3. The van der Waals surface area contributed by atoms with Crippen molar-refractivity contribution in [2.45, 2.75) is 12.8 Å². The number of anilines is 1. The quantitative estimate of drug-likeness (QED) is 0.317. The van der Waals surface area contributed by atoms with E-state index in [1.807, 2.05) is 0 Å². The number of aliphatic hydroxyl groups excluding tert-OH is 2. The average Bonchev–Trinajstić information content (AvgIpc) is 2.34. The van der Waals surface area contributed by atoms with Crippen LogP contribution in [0.4, 0.5) is 5.69 Å². The summed E-state index contributed by atoms with van der Waals surface area (Å²) in [6.45, 7) is 2.52. The Hall–Kier alpha value is -1.34. The molecule has 0 radical (unpaired) electrons. The second-order valence-corrected chi connectivity index (χ2v) is 4.01. The van der Waals surface area contributed by atoms with Gasteiger partial charge in [-0.3, -0.25) is 10.6 Å². The first kappa shape index (κ1) is 14.7. The van der Waals surface area contributed by atoms with E-state index in [4.69, 9.17) is 20.7 Å². The molecular formula is C12H21N3O3. The van der Waals surface area contributed by atoms with Crippen LogP contribution in [0.5, 0.6) is 5.75 Å². The first-order valence-electron chi connectivity index (χ1n) is 5.86. The van der Waals surface area contributed by atoms with Crippen molar-refractivity contribution in [2.75, 3.05) is 32.0 Å². The van der Waals surface area contributed by atoms with E-state index in [0.717, 1.165) is 0 Å². The lowest BCUT2D eigenvalue weighted by molar-refractivity contribution is 0.00963. The van der Waals surface area contributed by atoms with Gasteiger partial charge in [0.25, 0.3) is 0 Å². The van der Waals surface area contributed by atoms with Gasteiger partial charge in [0.15, 0.2) is 0 Å². The highest BCUT2D eigenvalue weighted by atomic mass is 16.5. The lowest BCUT2D eigenvalue weighted by Gasteiger charge is -2.32. The molecule has 0 aliphatic carbocycles. The molecule has 1 aromatic carbocycles. The van der Waals surface area contributed by atoms with Crippen molar-refractivity contribution < 1.29 is 14.9 Å². The normalized spacial score (nSPS) is 11.5. The molecule has 0 atom stereocenters. The molecule has 0 amide bonds. The van der Waals surface area contributed by atoms with Crippen molar-refractivity contribution >= 4 is 5.69 Å². The summed E-state index contributed by atoms with van der Waals surface area (Å²) in [6.07, 6.45) is 0. The predicted molar refractivity (Wildman–Crippen MR) is 70.1 cm³/mol. The highest BCUT2D eigenvalue weighted by Gasteiger charge is 2.24. The zero-order valence-electron chi connectivity index (χ0n) is 10.5. The van der Waals surface area contributed by atoms with E-state index in [1.165, 1.54) is 0 Å². The van der Waals surface area contributed by atoms with Gasteiger partial charge in [-0.2, -0.15) is 0 Å². The number of aliphatic hydroxyl groups is 2. The molecule has 0 aliphatic rings. The molecule has 0 bridgehead atoms. The van der Waals surface area contributed by atoms with Crippen LogP contribution >= 0.6 is 0 Å². The number of ether oxygens (including phenoxy) is 1. The van der Waals surface area contributed by atoms with Crippen LogP contribution in [0.25, 0.3) is 0 Å². The summed E-state index contributed by atoms with van der Waals surface area (Å²) in [5.41, 5.74) is 6.29. The molecule has 0 heterocycles. The van der Waals surface area contributed by atoms with E-state index in [1.54, 1.807) is 31.2 Å². The van der Waals surface area contributed by atoms with Crippen molar-refractivity contribution in [3.05, 3.63) is 24.3 Å². The van der Waals surface area contributed by atoms with Gasteiger partial charge in [0, 0.05) is 31.8 Å². The molecule has 0 fully saturated rings. The second-order valence-electron chi connectivity index (χ2n) is 4.01. The zero-order chi connectivity index (χ0) is 13.4. The molecular weight excluding hydrogens is 234 g/mol. The maximum atomic E-state index is 8.85. The van der Waals surface area contributed by atoms with Crippen molar-refractivity contribution in [1.29, 1.82) is 0 Å². The predicted octanol–water partition coefficient (Wildman–Crippen LogP) is -0.515. The first-order chi connectivity index (χ1) is 8.59. The summed E-state index contributed by atoms with van der Waals surface area (Å²) < 4.78 is 5.76. The van der Waals surface area contributed by atoms with Crippen LogP contribution in [0, 0.1) is 0 Å². The summed E-state index contributed by atoms with van der Waals surface area (Å²) in [4.78, 5) is 0.